The van der Waals surface area contributed by atoms with Crippen LogP contribution in [0.1, 0.15) is 23.7 Å². The number of hydrogen-bond donors (Lipinski definition) is 3. The monoisotopic (exact) mass is 564 g/mol. The summed E-state index contributed by atoms with van der Waals surface area (Å²) < 4.78 is 44.1. The lowest BCUT2D eigenvalue weighted by Crippen LogP contribution is -2.31. The van der Waals surface area contributed by atoms with Gasteiger partial charge >= 0.3 is 5.97 Å². The zero-order chi connectivity index (χ0) is 29.4. The maximum absolute atomic E-state index is 14.9. The van der Waals surface area contributed by atoms with Crippen LogP contribution in [0.3, 0.4) is 0 Å². The Labute approximate surface area is 229 Å². The van der Waals surface area contributed by atoms with E-state index in [1.165, 1.54) is 18.2 Å². The van der Waals surface area contributed by atoms with Gasteiger partial charge in [-0.3, -0.25) is 14.2 Å². The molecular weight excluding hydrogens is 541 g/mol. The van der Waals surface area contributed by atoms with E-state index < -0.39 is 34.4 Å². The summed E-state index contributed by atoms with van der Waals surface area (Å²) in [4.78, 5) is 47.4. The van der Waals surface area contributed by atoms with Gasteiger partial charge in [0.05, 0.1) is 11.1 Å². The summed E-state index contributed by atoms with van der Waals surface area (Å²) in [6, 6.07) is 10.8. The summed E-state index contributed by atoms with van der Waals surface area (Å²) in [6.45, 7) is 2.16. The van der Waals surface area contributed by atoms with Crippen LogP contribution >= 0.6 is 0 Å². The van der Waals surface area contributed by atoms with Crippen LogP contribution in [0.5, 0.6) is 0 Å². The fraction of sp³-hybridized carbons (Fsp3) is 0.179. The number of aromatic amines is 1. The van der Waals surface area contributed by atoms with E-state index in [2.05, 4.69) is 15.0 Å². The molecule has 4 N–H and O–H groups in total. The van der Waals surface area contributed by atoms with Crippen LogP contribution in [0, 0.1) is 17.5 Å². The van der Waals surface area contributed by atoms with Gasteiger partial charge in [0.25, 0.3) is 0 Å². The molecule has 13 heteroatoms. The number of aromatic carboxylic acids is 1. The number of benzene rings is 1. The fourth-order valence-electron chi connectivity index (χ4n) is 4.78. The molecule has 2 unspecified atom stereocenters. The predicted molar refractivity (Wildman–Crippen MR) is 146 cm³/mol. The Bertz CT molecular complexity index is 1930. The van der Waals surface area contributed by atoms with Gasteiger partial charge < -0.3 is 20.7 Å². The summed E-state index contributed by atoms with van der Waals surface area (Å²) in [5.41, 5.74) is 4.21. The summed E-state index contributed by atoms with van der Waals surface area (Å²) in [5, 5.41) is 9.95. The van der Waals surface area contributed by atoms with Gasteiger partial charge in [-0.15, -0.1) is 0 Å². The van der Waals surface area contributed by atoms with Gasteiger partial charge in [0.2, 0.25) is 11.0 Å². The zero-order valence-electron chi connectivity index (χ0n) is 21.5. The van der Waals surface area contributed by atoms with Crippen molar-refractivity contribution in [2.75, 3.05) is 11.4 Å². The lowest BCUT2D eigenvalue weighted by atomic mass is 10.1. The number of H-pyrrole nitrogens is 1. The maximum atomic E-state index is 14.9. The lowest BCUT2D eigenvalue weighted by molar-refractivity contribution is 0.0695. The number of carbonyl (C=O) groups is 1. The molecule has 6 rings (SSSR count). The van der Waals surface area contributed by atoms with Crippen molar-refractivity contribution in [3.05, 3.63) is 105 Å². The van der Waals surface area contributed by atoms with Crippen LogP contribution in [-0.2, 0) is 0 Å². The van der Waals surface area contributed by atoms with Crippen molar-refractivity contribution < 1.29 is 23.1 Å². The van der Waals surface area contributed by atoms with E-state index in [0.717, 1.165) is 28.3 Å². The van der Waals surface area contributed by atoms with Crippen molar-refractivity contribution in [2.24, 2.45) is 5.73 Å². The molecule has 0 aliphatic carbocycles. The molecule has 1 aliphatic heterocycles. The molecule has 4 aromatic heterocycles. The molecule has 5 heterocycles. The Morgan fingerprint density at radius 1 is 1.10 bits per heavy atom. The van der Waals surface area contributed by atoms with Crippen LogP contribution in [0.4, 0.5) is 19.0 Å². The maximum Gasteiger partial charge on any atom is 0.341 e. The van der Waals surface area contributed by atoms with E-state index >= 15 is 0 Å². The second-order valence-corrected chi connectivity index (χ2v) is 9.55. The summed E-state index contributed by atoms with van der Waals surface area (Å²) in [7, 11) is 0. The number of hydrogen-bond acceptors (Lipinski definition) is 7. The first-order valence-corrected chi connectivity index (χ1v) is 12.4. The van der Waals surface area contributed by atoms with Crippen LogP contribution in [0.15, 0.2) is 70.5 Å². The standard InChI is InChI=1S/C20H17F3N4O3.C8H6N2O/c1-9-5-10(24)7-26(9)19-14(22)6-11-17(28)12(20(29)30)8-27(18(11)25-19)15-4-2-3-13(21)16(15)23;11-7-4-3-6-2-1-5-9-8(6)10-7/h2-4,6,8-10H,5,7,24H2,1H3,(H,29,30);1-5H,(H,9,10,11). The van der Waals surface area contributed by atoms with Crippen molar-refractivity contribution in [1.29, 1.82) is 0 Å². The van der Waals surface area contributed by atoms with Gasteiger partial charge in [-0.2, -0.15) is 0 Å². The lowest BCUT2D eigenvalue weighted by Gasteiger charge is -2.24. The zero-order valence-corrected chi connectivity index (χ0v) is 21.5. The highest BCUT2D eigenvalue weighted by Gasteiger charge is 2.31. The first-order chi connectivity index (χ1) is 19.5. The molecular formula is C28H23F3N6O4. The first-order valence-electron chi connectivity index (χ1n) is 12.4. The molecule has 0 spiro atoms. The van der Waals surface area contributed by atoms with Crippen molar-refractivity contribution in [1.82, 2.24) is 19.5 Å². The Hall–Kier alpha value is -5.04. The molecule has 10 nitrogen and oxygen atoms in total. The van der Waals surface area contributed by atoms with E-state index in [4.69, 9.17) is 5.73 Å². The summed E-state index contributed by atoms with van der Waals surface area (Å²) in [5.74, 6) is -4.96. The Kier molecular flexibility index (Phi) is 7.28. The van der Waals surface area contributed by atoms with Crippen molar-refractivity contribution >= 4 is 33.9 Å². The van der Waals surface area contributed by atoms with E-state index in [1.807, 2.05) is 19.1 Å². The van der Waals surface area contributed by atoms with Crippen molar-refractivity contribution in [2.45, 2.75) is 25.4 Å². The minimum Gasteiger partial charge on any atom is -0.477 e. The van der Waals surface area contributed by atoms with Crippen LogP contribution in [-0.4, -0.2) is 49.2 Å². The third kappa shape index (κ3) is 5.26. The third-order valence-corrected chi connectivity index (χ3v) is 6.71. The van der Waals surface area contributed by atoms with Gasteiger partial charge in [-0.1, -0.05) is 6.07 Å². The molecule has 41 heavy (non-hydrogen) atoms. The third-order valence-electron chi connectivity index (χ3n) is 6.71. The van der Waals surface area contributed by atoms with Gasteiger partial charge in [0.15, 0.2) is 28.9 Å². The van der Waals surface area contributed by atoms with Crippen LogP contribution in [0.2, 0.25) is 0 Å². The summed E-state index contributed by atoms with van der Waals surface area (Å²) >= 11 is 0. The number of carboxylic acid groups (broad SMARTS) is 1. The van der Waals surface area contributed by atoms with Crippen molar-refractivity contribution in [3.63, 3.8) is 0 Å². The number of rotatable bonds is 3. The molecule has 0 radical (unpaired) electrons. The molecule has 5 aromatic rings. The van der Waals surface area contributed by atoms with E-state index in [0.29, 0.717) is 18.6 Å². The van der Waals surface area contributed by atoms with Gasteiger partial charge in [-0.05, 0) is 49.7 Å². The number of nitrogens with zero attached hydrogens (tertiary/aromatic N) is 4. The summed E-state index contributed by atoms with van der Waals surface area (Å²) in [6.07, 6.45) is 3.11. The number of halogens is 3. The molecule has 0 saturated carbocycles. The Morgan fingerprint density at radius 2 is 1.88 bits per heavy atom. The minimum atomic E-state index is -1.59. The van der Waals surface area contributed by atoms with Gasteiger partial charge in [-0.25, -0.2) is 27.9 Å². The fourth-order valence-corrected chi connectivity index (χ4v) is 4.78. The molecule has 2 atom stereocenters. The normalized spacial score (nSPS) is 16.6. The van der Waals surface area contributed by atoms with Gasteiger partial charge in [0.1, 0.15) is 11.2 Å². The smallest absolute Gasteiger partial charge is 0.341 e. The van der Waals surface area contributed by atoms with E-state index in [1.54, 1.807) is 17.2 Å². The first kappa shape index (κ1) is 27.5. The number of nitrogens with two attached hydrogens (primary N) is 1. The highest BCUT2D eigenvalue weighted by atomic mass is 19.2. The largest absolute Gasteiger partial charge is 0.477 e. The second kappa shape index (κ2) is 10.8. The van der Waals surface area contributed by atoms with Gasteiger partial charge in [0, 0.05) is 42.5 Å². The molecule has 210 valence electrons. The highest BCUT2D eigenvalue weighted by molar-refractivity contribution is 5.92. The number of nitrogens with one attached hydrogen (secondary N) is 1. The average Bonchev–Trinajstić information content (AvgIpc) is 3.28. The van der Waals surface area contributed by atoms with Crippen molar-refractivity contribution in [3.8, 4) is 5.69 Å². The molecule has 1 fully saturated rings. The molecule has 0 bridgehead atoms. The number of pyridine rings is 4. The van der Waals surface area contributed by atoms with E-state index in [-0.39, 0.29) is 40.2 Å². The van der Waals surface area contributed by atoms with Crippen LogP contribution < -0.4 is 21.6 Å². The van der Waals surface area contributed by atoms with E-state index in [9.17, 15) is 32.7 Å². The topological polar surface area (TPSA) is 147 Å². The van der Waals surface area contributed by atoms with Crippen LogP contribution in [0.25, 0.3) is 27.8 Å². The Balaban J connectivity index is 0.000000255. The minimum absolute atomic E-state index is 0.101. The number of anilines is 1. The molecule has 1 aromatic carbocycles. The number of carboxylic acids is 1. The molecule has 1 saturated heterocycles. The predicted octanol–water partition coefficient (Wildman–Crippen LogP) is 3.35. The second-order valence-electron chi connectivity index (χ2n) is 9.55. The molecule has 0 amide bonds. The average molecular weight is 565 g/mol. The number of fused-ring (bicyclic) bond motifs is 2. The SMILES string of the molecule is CC1CC(N)CN1c1nc2c(cc1F)c(=O)c(C(=O)O)cn2-c1cccc(F)c1F.O=c1ccc2cccnc2[nH]1. The quantitative estimate of drug-likeness (QED) is 0.302. The number of aromatic nitrogens is 4. The highest BCUT2D eigenvalue weighted by Crippen LogP contribution is 2.29. The Morgan fingerprint density at radius 3 is 2.59 bits per heavy atom. The molecule has 1 aliphatic rings.